The lowest BCUT2D eigenvalue weighted by molar-refractivity contribution is 0.100. The van der Waals surface area contributed by atoms with E-state index in [-0.39, 0.29) is 5.91 Å². The Bertz CT molecular complexity index is 431. The molecule has 1 fully saturated rings. The highest BCUT2D eigenvalue weighted by atomic mass is 16.1. The molecule has 1 aliphatic heterocycles. The maximum absolute atomic E-state index is 11.1. The molecule has 1 aromatic carbocycles. The maximum atomic E-state index is 11.1. The topological polar surface area (TPSA) is 58.4 Å². The lowest BCUT2D eigenvalue weighted by Gasteiger charge is -2.21. The van der Waals surface area contributed by atoms with Gasteiger partial charge in [-0.25, -0.2) is 0 Å². The predicted octanol–water partition coefficient (Wildman–Crippen LogP) is 1.68. The molecule has 2 rings (SSSR count). The molecule has 98 valence electrons. The Hall–Kier alpha value is -1.55. The summed E-state index contributed by atoms with van der Waals surface area (Å²) in [6.07, 6.45) is 1.14. The van der Waals surface area contributed by atoms with E-state index in [0.29, 0.717) is 17.6 Å². The summed E-state index contributed by atoms with van der Waals surface area (Å²) in [4.78, 5) is 13.6. The first-order valence-corrected chi connectivity index (χ1v) is 6.46. The van der Waals surface area contributed by atoms with Crippen LogP contribution in [-0.4, -0.2) is 36.0 Å². The third-order valence-corrected chi connectivity index (χ3v) is 3.47. The van der Waals surface area contributed by atoms with Crippen molar-refractivity contribution in [2.24, 2.45) is 5.73 Å². The molecule has 1 atom stereocenters. The van der Waals surface area contributed by atoms with Crippen LogP contribution in [0, 0.1) is 0 Å². The Balaban J connectivity index is 1.98. The van der Waals surface area contributed by atoms with Crippen molar-refractivity contribution in [2.75, 3.05) is 18.4 Å². The van der Waals surface area contributed by atoms with Crippen molar-refractivity contribution in [3.8, 4) is 0 Å². The second kappa shape index (κ2) is 5.40. The fourth-order valence-corrected chi connectivity index (χ4v) is 2.37. The normalized spacial score (nSPS) is 20.3. The van der Waals surface area contributed by atoms with Crippen LogP contribution in [0.3, 0.4) is 0 Å². The van der Waals surface area contributed by atoms with E-state index in [9.17, 15) is 4.79 Å². The summed E-state index contributed by atoms with van der Waals surface area (Å²) in [6, 6.07) is 8.44. The summed E-state index contributed by atoms with van der Waals surface area (Å²) >= 11 is 0. The second-order valence-electron chi connectivity index (χ2n) is 5.16. The molecule has 0 saturated carbocycles. The van der Waals surface area contributed by atoms with E-state index in [2.05, 4.69) is 24.1 Å². The van der Waals surface area contributed by atoms with Crippen molar-refractivity contribution in [3.63, 3.8) is 0 Å². The van der Waals surface area contributed by atoms with Gasteiger partial charge in [0.1, 0.15) is 0 Å². The van der Waals surface area contributed by atoms with Crippen LogP contribution in [0.15, 0.2) is 24.3 Å². The molecule has 1 aromatic rings. The first-order chi connectivity index (χ1) is 8.56. The average molecular weight is 247 g/mol. The molecule has 0 aliphatic carbocycles. The van der Waals surface area contributed by atoms with Crippen LogP contribution < -0.4 is 11.1 Å². The number of carbonyl (C=O) groups excluding carboxylic acids is 1. The highest BCUT2D eigenvalue weighted by Gasteiger charge is 2.23. The predicted molar refractivity (Wildman–Crippen MR) is 73.7 cm³/mol. The molecule has 4 nitrogen and oxygen atoms in total. The Labute approximate surface area is 108 Å². The summed E-state index contributed by atoms with van der Waals surface area (Å²) in [5, 5.41) is 3.47. The van der Waals surface area contributed by atoms with E-state index < -0.39 is 0 Å². The zero-order valence-corrected chi connectivity index (χ0v) is 11.0. The average Bonchev–Trinajstić information content (AvgIpc) is 2.78. The Morgan fingerprint density at radius 2 is 2.28 bits per heavy atom. The first-order valence-electron chi connectivity index (χ1n) is 6.46. The molecular formula is C14H21N3O. The molecule has 1 saturated heterocycles. The largest absolute Gasteiger partial charge is 0.381 e. The Morgan fingerprint density at radius 3 is 2.89 bits per heavy atom. The van der Waals surface area contributed by atoms with Gasteiger partial charge in [0.25, 0.3) is 0 Å². The highest BCUT2D eigenvalue weighted by Crippen LogP contribution is 2.18. The molecule has 1 unspecified atom stereocenters. The summed E-state index contributed by atoms with van der Waals surface area (Å²) in [5.74, 6) is -0.381. The van der Waals surface area contributed by atoms with Crippen LogP contribution in [0.4, 0.5) is 5.69 Å². The number of primary amides is 1. The van der Waals surface area contributed by atoms with Crippen LogP contribution >= 0.6 is 0 Å². The van der Waals surface area contributed by atoms with Crippen molar-refractivity contribution in [2.45, 2.75) is 32.4 Å². The van der Waals surface area contributed by atoms with E-state index in [4.69, 9.17) is 5.73 Å². The standard InChI is InChI=1S/C14H21N3O/c1-10(2)17-7-6-13(9-17)16-12-5-3-4-11(8-12)14(15)18/h3-5,8,10,13,16H,6-7,9H2,1-2H3,(H2,15,18). The minimum atomic E-state index is -0.381. The minimum Gasteiger partial charge on any atom is -0.381 e. The van der Waals surface area contributed by atoms with Crippen molar-refractivity contribution in [1.29, 1.82) is 0 Å². The van der Waals surface area contributed by atoms with Crippen LogP contribution in [0.5, 0.6) is 0 Å². The number of nitrogens with zero attached hydrogens (tertiary/aromatic N) is 1. The summed E-state index contributed by atoms with van der Waals surface area (Å²) in [6.45, 7) is 6.62. The zero-order valence-electron chi connectivity index (χ0n) is 11.0. The fraction of sp³-hybridized carbons (Fsp3) is 0.500. The number of benzene rings is 1. The molecule has 3 N–H and O–H groups in total. The maximum Gasteiger partial charge on any atom is 0.248 e. The number of carbonyl (C=O) groups is 1. The molecule has 18 heavy (non-hydrogen) atoms. The molecule has 0 radical (unpaired) electrons. The van der Waals surface area contributed by atoms with Gasteiger partial charge < -0.3 is 11.1 Å². The lowest BCUT2D eigenvalue weighted by atomic mass is 10.1. The van der Waals surface area contributed by atoms with E-state index >= 15 is 0 Å². The smallest absolute Gasteiger partial charge is 0.248 e. The molecule has 1 aliphatic rings. The lowest BCUT2D eigenvalue weighted by Crippen LogP contribution is -2.31. The number of likely N-dealkylation sites (tertiary alicyclic amines) is 1. The van der Waals surface area contributed by atoms with E-state index in [0.717, 1.165) is 25.2 Å². The first kappa shape index (κ1) is 12.9. The van der Waals surface area contributed by atoms with Crippen molar-refractivity contribution in [1.82, 2.24) is 4.90 Å². The van der Waals surface area contributed by atoms with Crippen LogP contribution in [-0.2, 0) is 0 Å². The van der Waals surface area contributed by atoms with Crippen LogP contribution in [0.2, 0.25) is 0 Å². The van der Waals surface area contributed by atoms with Gasteiger partial charge in [0.15, 0.2) is 0 Å². The van der Waals surface area contributed by atoms with Crippen molar-refractivity contribution >= 4 is 11.6 Å². The third kappa shape index (κ3) is 3.01. The van der Waals surface area contributed by atoms with Gasteiger partial charge in [0.05, 0.1) is 0 Å². The molecule has 1 amide bonds. The summed E-state index contributed by atoms with van der Waals surface area (Å²) in [7, 11) is 0. The minimum absolute atomic E-state index is 0.381. The van der Waals surface area contributed by atoms with Gasteiger partial charge >= 0.3 is 0 Å². The Kier molecular flexibility index (Phi) is 3.87. The van der Waals surface area contributed by atoms with Gasteiger partial charge in [0.2, 0.25) is 5.91 Å². The number of hydrogen-bond acceptors (Lipinski definition) is 3. The number of nitrogens with one attached hydrogen (secondary N) is 1. The summed E-state index contributed by atoms with van der Waals surface area (Å²) in [5.41, 5.74) is 6.81. The van der Waals surface area contributed by atoms with E-state index in [1.165, 1.54) is 0 Å². The van der Waals surface area contributed by atoms with E-state index in [1.54, 1.807) is 6.07 Å². The van der Waals surface area contributed by atoms with Crippen molar-refractivity contribution < 1.29 is 4.79 Å². The quantitative estimate of drug-likeness (QED) is 0.851. The van der Waals surface area contributed by atoms with Gasteiger partial charge in [-0.2, -0.15) is 0 Å². The van der Waals surface area contributed by atoms with Crippen LogP contribution in [0.1, 0.15) is 30.6 Å². The monoisotopic (exact) mass is 247 g/mol. The number of anilines is 1. The van der Waals surface area contributed by atoms with Gasteiger partial charge in [-0.15, -0.1) is 0 Å². The molecule has 4 heteroatoms. The number of nitrogens with two attached hydrogens (primary N) is 1. The summed E-state index contributed by atoms with van der Waals surface area (Å²) < 4.78 is 0. The zero-order chi connectivity index (χ0) is 13.1. The molecule has 0 aromatic heterocycles. The Morgan fingerprint density at radius 1 is 1.50 bits per heavy atom. The van der Waals surface area contributed by atoms with Crippen molar-refractivity contribution in [3.05, 3.63) is 29.8 Å². The highest BCUT2D eigenvalue weighted by molar-refractivity contribution is 5.93. The van der Waals surface area contributed by atoms with Gasteiger partial charge in [-0.05, 0) is 38.5 Å². The third-order valence-electron chi connectivity index (χ3n) is 3.47. The van der Waals surface area contributed by atoms with Gasteiger partial charge in [-0.1, -0.05) is 6.07 Å². The molecule has 1 heterocycles. The fourth-order valence-electron chi connectivity index (χ4n) is 2.37. The SMILES string of the molecule is CC(C)N1CCC(Nc2cccc(C(N)=O)c2)C1. The van der Waals surface area contributed by atoms with Gasteiger partial charge in [0, 0.05) is 36.4 Å². The van der Waals surface area contributed by atoms with E-state index in [1.807, 2.05) is 18.2 Å². The second-order valence-corrected chi connectivity index (χ2v) is 5.16. The van der Waals surface area contributed by atoms with Gasteiger partial charge in [-0.3, -0.25) is 9.69 Å². The number of amides is 1. The number of hydrogen-bond donors (Lipinski definition) is 2. The number of rotatable bonds is 4. The molecule has 0 spiro atoms. The molecule has 0 bridgehead atoms. The molecular weight excluding hydrogens is 226 g/mol. The van der Waals surface area contributed by atoms with Crippen LogP contribution in [0.25, 0.3) is 0 Å².